The molecule has 2 aromatic heterocycles. The number of nitrogens with zero attached hydrogens (tertiary/aromatic N) is 4. The van der Waals surface area contributed by atoms with Gasteiger partial charge in [-0.05, 0) is 12.1 Å². The average Bonchev–Trinajstić information content (AvgIpc) is 2.72. The summed E-state index contributed by atoms with van der Waals surface area (Å²) in [5.41, 5.74) is 0. The molecule has 0 spiro atoms. The Balaban J connectivity index is 1.79. The highest BCUT2D eigenvalue weighted by Crippen LogP contribution is 1.93. The summed E-state index contributed by atoms with van der Waals surface area (Å²) >= 11 is 0. The summed E-state index contributed by atoms with van der Waals surface area (Å²) < 4.78 is 1.86. The van der Waals surface area contributed by atoms with E-state index in [1.807, 2.05) is 16.9 Å². The zero-order valence-corrected chi connectivity index (χ0v) is 7.67. The lowest BCUT2D eigenvalue weighted by molar-refractivity contribution is 0.636. The highest BCUT2D eigenvalue weighted by atomic mass is 15.3. The molecule has 0 unspecified atom stereocenters. The van der Waals surface area contributed by atoms with Gasteiger partial charge in [-0.1, -0.05) is 0 Å². The molecule has 0 radical (unpaired) electrons. The first kappa shape index (κ1) is 8.68. The third kappa shape index (κ3) is 2.29. The molecule has 0 aromatic carbocycles. The largest absolute Gasteiger partial charge is 0.352 e. The number of anilines is 1. The van der Waals surface area contributed by atoms with Gasteiger partial charge in [-0.15, -0.1) is 0 Å². The molecule has 0 fully saturated rings. The molecule has 0 aliphatic rings. The standard InChI is InChI=1S/C9H11N5/c1-3-10-9(11-4-1)12-6-8-14-7-2-5-13-14/h1-5,7H,6,8H2,(H,10,11,12). The molecule has 0 bridgehead atoms. The third-order valence-electron chi connectivity index (χ3n) is 1.75. The first-order chi connectivity index (χ1) is 6.95. The van der Waals surface area contributed by atoms with E-state index >= 15 is 0 Å². The molecule has 0 aliphatic heterocycles. The van der Waals surface area contributed by atoms with Gasteiger partial charge in [0.25, 0.3) is 0 Å². The molecule has 5 nitrogen and oxygen atoms in total. The molecule has 14 heavy (non-hydrogen) atoms. The zero-order valence-electron chi connectivity index (χ0n) is 7.67. The van der Waals surface area contributed by atoms with Crippen molar-refractivity contribution >= 4 is 5.95 Å². The molecule has 1 N–H and O–H groups in total. The van der Waals surface area contributed by atoms with Crippen molar-refractivity contribution < 1.29 is 0 Å². The van der Waals surface area contributed by atoms with Crippen molar-refractivity contribution in [3.8, 4) is 0 Å². The molecule has 0 amide bonds. The Hall–Kier alpha value is -1.91. The van der Waals surface area contributed by atoms with E-state index in [-0.39, 0.29) is 0 Å². The first-order valence-corrected chi connectivity index (χ1v) is 4.43. The van der Waals surface area contributed by atoms with Crippen molar-refractivity contribution in [3.63, 3.8) is 0 Å². The van der Waals surface area contributed by atoms with Crippen molar-refractivity contribution in [1.29, 1.82) is 0 Å². The van der Waals surface area contributed by atoms with Gasteiger partial charge in [-0.25, -0.2) is 9.97 Å². The third-order valence-corrected chi connectivity index (χ3v) is 1.75. The lowest BCUT2D eigenvalue weighted by Crippen LogP contribution is -2.12. The molecule has 0 atom stereocenters. The molecule has 2 aromatic rings. The van der Waals surface area contributed by atoms with Crippen LogP contribution in [0.15, 0.2) is 36.9 Å². The van der Waals surface area contributed by atoms with Crippen LogP contribution in [0.2, 0.25) is 0 Å². The predicted molar refractivity (Wildman–Crippen MR) is 52.7 cm³/mol. The van der Waals surface area contributed by atoms with Crippen LogP contribution >= 0.6 is 0 Å². The van der Waals surface area contributed by atoms with E-state index in [0.717, 1.165) is 13.1 Å². The lowest BCUT2D eigenvalue weighted by Gasteiger charge is -2.03. The summed E-state index contributed by atoms with van der Waals surface area (Å²) in [6.45, 7) is 1.58. The molecular weight excluding hydrogens is 178 g/mol. The van der Waals surface area contributed by atoms with E-state index in [4.69, 9.17) is 0 Å². The van der Waals surface area contributed by atoms with Gasteiger partial charge in [-0.2, -0.15) is 5.10 Å². The maximum Gasteiger partial charge on any atom is 0.222 e. The minimum Gasteiger partial charge on any atom is -0.352 e. The smallest absolute Gasteiger partial charge is 0.222 e. The second kappa shape index (κ2) is 4.36. The number of hydrogen-bond donors (Lipinski definition) is 1. The van der Waals surface area contributed by atoms with Gasteiger partial charge in [0.1, 0.15) is 0 Å². The Morgan fingerprint density at radius 3 is 2.71 bits per heavy atom. The van der Waals surface area contributed by atoms with Crippen molar-refractivity contribution in [1.82, 2.24) is 19.7 Å². The fourth-order valence-corrected chi connectivity index (χ4v) is 1.11. The molecule has 0 saturated carbocycles. The summed E-state index contributed by atoms with van der Waals surface area (Å²) in [7, 11) is 0. The van der Waals surface area contributed by atoms with Crippen molar-refractivity contribution in [2.24, 2.45) is 0 Å². The zero-order chi connectivity index (χ0) is 9.64. The SMILES string of the molecule is c1cnc(NCCn2cccn2)nc1. The maximum atomic E-state index is 4.08. The van der Waals surface area contributed by atoms with Gasteiger partial charge >= 0.3 is 0 Å². The van der Waals surface area contributed by atoms with Gasteiger partial charge in [0.2, 0.25) is 5.95 Å². The van der Waals surface area contributed by atoms with Gasteiger partial charge in [0, 0.05) is 31.3 Å². The van der Waals surface area contributed by atoms with Crippen LogP contribution in [-0.4, -0.2) is 26.3 Å². The fourth-order valence-electron chi connectivity index (χ4n) is 1.11. The van der Waals surface area contributed by atoms with Crippen molar-refractivity contribution in [3.05, 3.63) is 36.9 Å². The van der Waals surface area contributed by atoms with Gasteiger partial charge in [0.15, 0.2) is 0 Å². The molecular formula is C9H11N5. The van der Waals surface area contributed by atoms with E-state index in [0.29, 0.717) is 5.95 Å². The predicted octanol–water partition coefficient (Wildman–Crippen LogP) is 0.785. The van der Waals surface area contributed by atoms with E-state index in [9.17, 15) is 0 Å². The number of aromatic nitrogens is 4. The molecule has 0 saturated heterocycles. The summed E-state index contributed by atoms with van der Waals surface area (Å²) in [6.07, 6.45) is 7.11. The minimum atomic E-state index is 0.652. The minimum absolute atomic E-state index is 0.652. The normalized spacial score (nSPS) is 10.0. The van der Waals surface area contributed by atoms with Crippen LogP contribution in [-0.2, 0) is 6.54 Å². The Kier molecular flexibility index (Phi) is 2.70. The number of nitrogens with one attached hydrogen (secondary N) is 1. The molecule has 0 aliphatic carbocycles. The van der Waals surface area contributed by atoms with Crippen LogP contribution in [0.5, 0.6) is 0 Å². The van der Waals surface area contributed by atoms with E-state index in [1.165, 1.54) is 0 Å². The summed E-state index contributed by atoms with van der Waals surface area (Å²) in [5, 5.41) is 7.18. The molecule has 72 valence electrons. The number of hydrogen-bond acceptors (Lipinski definition) is 4. The molecule has 2 heterocycles. The van der Waals surface area contributed by atoms with Gasteiger partial charge in [0.05, 0.1) is 6.54 Å². The van der Waals surface area contributed by atoms with Crippen LogP contribution in [0.1, 0.15) is 0 Å². The highest BCUT2D eigenvalue weighted by Gasteiger charge is 1.92. The Morgan fingerprint density at radius 2 is 2.00 bits per heavy atom. The highest BCUT2D eigenvalue weighted by molar-refractivity contribution is 5.21. The van der Waals surface area contributed by atoms with Crippen LogP contribution in [0, 0.1) is 0 Å². The lowest BCUT2D eigenvalue weighted by atomic mass is 10.6. The topological polar surface area (TPSA) is 55.6 Å². The summed E-state index contributed by atoms with van der Waals surface area (Å²) in [4.78, 5) is 8.09. The summed E-state index contributed by atoms with van der Waals surface area (Å²) in [6, 6.07) is 3.69. The van der Waals surface area contributed by atoms with Crippen LogP contribution < -0.4 is 5.32 Å². The van der Waals surface area contributed by atoms with Gasteiger partial charge in [-0.3, -0.25) is 4.68 Å². The van der Waals surface area contributed by atoms with Crippen molar-refractivity contribution in [2.75, 3.05) is 11.9 Å². The Morgan fingerprint density at radius 1 is 1.14 bits per heavy atom. The van der Waals surface area contributed by atoms with Crippen LogP contribution in [0.25, 0.3) is 0 Å². The van der Waals surface area contributed by atoms with E-state index < -0.39 is 0 Å². The van der Waals surface area contributed by atoms with Crippen molar-refractivity contribution in [2.45, 2.75) is 6.54 Å². The number of rotatable bonds is 4. The molecule has 2 rings (SSSR count). The van der Waals surface area contributed by atoms with Gasteiger partial charge < -0.3 is 5.32 Å². The molecule has 5 heteroatoms. The Bertz CT molecular complexity index is 356. The van der Waals surface area contributed by atoms with E-state index in [1.54, 1.807) is 24.7 Å². The monoisotopic (exact) mass is 189 g/mol. The second-order valence-corrected chi connectivity index (χ2v) is 2.77. The maximum absolute atomic E-state index is 4.08. The van der Waals surface area contributed by atoms with Crippen LogP contribution in [0.4, 0.5) is 5.95 Å². The van der Waals surface area contributed by atoms with Crippen LogP contribution in [0.3, 0.4) is 0 Å². The Labute approximate surface area is 81.8 Å². The first-order valence-electron chi connectivity index (χ1n) is 4.43. The quantitative estimate of drug-likeness (QED) is 0.772. The summed E-state index contributed by atoms with van der Waals surface area (Å²) in [5.74, 6) is 0.652. The second-order valence-electron chi connectivity index (χ2n) is 2.77. The average molecular weight is 189 g/mol. The van der Waals surface area contributed by atoms with E-state index in [2.05, 4.69) is 20.4 Å². The fraction of sp³-hybridized carbons (Fsp3) is 0.222.